The second kappa shape index (κ2) is 10.0. The van der Waals surface area contributed by atoms with Crippen molar-refractivity contribution in [1.29, 1.82) is 0 Å². The van der Waals surface area contributed by atoms with Crippen molar-refractivity contribution in [3.63, 3.8) is 0 Å². The molecule has 1 aliphatic heterocycles. The van der Waals surface area contributed by atoms with Crippen molar-refractivity contribution in [3.05, 3.63) is 84.7 Å². The fourth-order valence-electron chi connectivity index (χ4n) is 4.83. The minimum absolute atomic E-state index is 0.0150. The largest absolute Gasteiger partial charge is 0.443 e. The van der Waals surface area contributed by atoms with Crippen LogP contribution < -0.4 is 10.6 Å². The summed E-state index contributed by atoms with van der Waals surface area (Å²) in [6.45, 7) is 4.75. The minimum atomic E-state index is -0.447. The number of hydrogen-bond donors (Lipinski definition) is 3. The number of carbonyl (C=O) groups excluding carboxylic acids is 2. The molecule has 3 aromatic heterocycles. The predicted molar refractivity (Wildman–Crippen MR) is 143 cm³/mol. The van der Waals surface area contributed by atoms with Crippen LogP contribution in [-0.2, 0) is 11.3 Å². The normalized spacial score (nSPS) is 15.1. The molecule has 0 spiro atoms. The number of nitrogens with one attached hydrogen (secondary N) is 3. The summed E-state index contributed by atoms with van der Waals surface area (Å²) in [6, 6.07) is 11.6. The van der Waals surface area contributed by atoms with Gasteiger partial charge in [-0.15, -0.1) is 0 Å². The number of rotatable bonds is 7. The zero-order valence-electron chi connectivity index (χ0n) is 20.8. The Kier molecular flexibility index (Phi) is 6.23. The molecule has 5 aromatic rings. The molecule has 1 aliphatic rings. The van der Waals surface area contributed by atoms with E-state index in [-0.39, 0.29) is 24.4 Å². The third-order valence-corrected chi connectivity index (χ3v) is 6.87. The Bertz CT molecular complexity index is 1730. The topological polar surface area (TPSA) is 129 Å². The number of H-pyrrole nitrogens is 1. The number of fused-ring (bicyclic) bond motifs is 2. The van der Waals surface area contributed by atoms with Crippen molar-refractivity contribution in [1.82, 2.24) is 30.4 Å². The van der Waals surface area contributed by atoms with Crippen LogP contribution in [0.1, 0.15) is 22.3 Å². The van der Waals surface area contributed by atoms with Gasteiger partial charge >= 0.3 is 0 Å². The van der Waals surface area contributed by atoms with Crippen LogP contribution in [0.4, 0.5) is 10.2 Å². The maximum atomic E-state index is 15.2. The van der Waals surface area contributed by atoms with E-state index in [9.17, 15) is 9.59 Å². The summed E-state index contributed by atoms with van der Waals surface area (Å²) in [6.07, 6.45) is 5.04. The first-order chi connectivity index (χ1) is 19.0. The van der Waals surface area contributed by atoms with Crippen LogP contribution in [0.25, 0.3) is 33.3 Å². The molecule has 0 bridgehead atoms. The molecule has 6 rings (SSSR count). The quantitative estimate of drug-likeness (QED) is 0.274. The average molecular weight is 526 g/mol. The van der Waals surface area contributed by atoms with Crippen molar-refractivity contribution in [3.8, 4) is 11.1 Å². The SMILES string of the molecule is C=CC(=O)N1CCC(Nc2n[nH]c3nccc(-c4ccc(CNC(=O)c5ccc6ocnc6c5)c(F)c4)c23)C1. The van der Waals surface area contributed by atoms with Gasteiger partial charge < -0.3 is 20.0 Å². The highest BCUT2D eigenvalue weighted by atomic mass is 19.1. The number of aromatic amines is 1. The van der Waals surface area contributed by atoms with E-state index in [2.05, 4.69) is 37.4 Å². The number of hydrogen-bond acceptors (Lipinski definition) is 7. The first kappa shape index (κ1) is 24.3. The van der Waals surface area contributed by atoms with Gasteiger partial charge in [-0.1, -0.05) is 18.7 Å². The third kappa shape index (κ3) is 4.70. The summed E-state index contributed by atoms with van der Waals surface area (Å²) in [7, 11) is 0. The molecule has 11 heteroatoms. The van der Waals surface area contributed by atoms with E-state index < -0.39 is 5.82 Å². The van der Waals surface area contributed by atoms with E-state index in [4.69, 9.17) is 4.42 Å². The van der Waals surface area contributed by atoms with Gasteiger partial charge in [0.1, 0.15) is 11.3 Å². The molecular formula is C28H24FN7O3. The lowest BCUT2D eigenvalue weighted by molar-refractivity contribution is -0.125. The molecule has 2 aromatic carbocycles. The second-order valence-electron chi connectivity index (χ2n) is 9.30. The van der Waals surface area contributed by atoms with Gasteiger partial charge in [0.15, 0.2) is 23.4 Å². The van der Waals surface area contributed by atoms with Gasteiger partial charge in [-0.25, -0.2) is 14.4 Å². The van der Waals surface area contributed by atoms with Gasteiger partial charge in [-0.3, -0.25) is 14.7 Å². The summed E-state index contributed by atoms with van der Waals surface area (Å²) in [5.74, 6) is -0.297. The molecule has 196 valence electrons. The molecule has 10 nitrogen and oxygen atoms in total. The average Bonchev–Trinajstić information content (AvgIpc) is 3.71. The zero-order valence-corrected chi connectivity index (χ0v) is 20.8. The Morgan fingerprint density at radius 3 is 2.95 bits per heavy atom. The number of aromatic nitrogens is 4. The van der Waals surface area contributed by atoms with Crippen molar-refractivity contribution < 1.29 is 18.4 Å². The minimum Gasteiger partial charge on any atom is -0.443 e. The van der Waals surface area contributed by atoms with E-state index in [1.807, 2.05) is 6.07 Å². The molecule has 39 heavy (non-hydrogen) atoms. The van der Waals surface area contributed by atoms with Gasteiger partial charge in [-0.05, 0) is 54.0 Å². The summed E-state index contributed by atoms with van der Waals surface area (Å²) in [4.78, 5) is 34.7. The summed E-state index contributed by atoms with van der Waals surface area (Å²) in [5, 5.41) is 14.2. The highest BCUT2D eigenvalue weighted by Crippen LogP contribution is 2.33. The summed E-state index contributed by atoms with van der Waals surface area (Å²) >= 11 is 0. The highest BCUT2D eigenvalue weighted by molar-refractivity contribution is 6.00. The standard InChI is InChI=1S/C28H24FN7O3/c1-2-24(37)36-10-8-19(14-36)33-27-25-20(7-9-30-26(25)34-35-27)16-3-4-18(21(29)11-16)13-31-28(38)17-5-6-23-22(12-17)32-15-39-23/h2-7,9,11-12,15,19H,1,8,10,13-14H2,(H,31,38)(H2,30,33,34,35). The number of nitrogens with zero attached hydrogens (tertiary/aromatic N) is 4. The van der Waals surface area contributed by atoms with Crippen LogP contribution in [0.15, 0.2) is 72.1 Å². The maximum absolute atomic E-state index is 15.2. The Balaban J connectivity index is 1.20. The first-order valence-electron chi connectivity index (χ1n) is 12.4. The van der Waals surface area contributed by atoms with Crippen LogP contribution in [0, 0.1) is 5.82 Å². The van der Waals surface area contributed by atoms with E-state index in [0.717, 1.165) is 17.4 Å². The van der Waals surface area contributed by atoms with Gasteiger partial charge in [0.2, 0.25) is 5.91 Å². The highest BCUT2D eigenvalue weighted by Gasteiger charge is 2.26. The molecule has 2 amide bonds. The number of anilines is 1. The smallest absolute Gasteiger partial charge is 0.251 e. The van der Waals surface area contributed by atoms with Crippen LogP contribution in [-0.4, -0.2) is 56.0 Å². The Morgan fingerprint density at radius 2 is 2.10 bits per heavy atom. The molecule has 0 saturated carbocycles. The van der Waals surface area contributed by atoms with E-state index >= 15 is 4.39 Å². The van der Waals surface area contributed by atoms with E-state index in [1.54, 1.807) is 41.4 Å². The lowest BCUT2D eigenvalue weighted by Crippen LogP contribution is -2.30. The Labute approximate surface area is 221 Å². The maximum Gasteiger partial charge on any atom is 0.251 e. The van der Waals surface area contributed by atoms with Gasteiger partial charge in [-0.2, -0.15) is 5.10 Å². The molecule has 3 N–H and O–H groups in total. The van der Waals surface area contributed by atoms with Gasteiger partial charge in [0.05, 0.1) is 5.39 Å². The van der Waals surface area contributed by atoms with E-state index in [0.29, 0.717) is 52.3 Å². The predicted octanol–water partition coefficient (Wildman–Crippen LogP) is 4.03. The number of carbonyl (C=O) groups is 2. The van der Waals surface area contributed by atoms with Gasteiger partial charge in [0, 0.05) is 43.0 Å². The van der Waals surface area contributed by atoms with E-state index in [1.165, 1.54) is 18.5 Å². The number of amides is 2. The van der Waals surface area contributed by atoms with Gasteiger partial charge in [0.25, 0.3) is 5.91 Å². The van der Waals surface area contributed by atoms with Crippen molar-refractivity contribution in [2.45, 2.75) is 19.0 Å². The lowest BCUT2D eigenvalue weighted by atomic mass is 10.0. The fourth-order valence-corrected chi connectivity index (χ4v) is 4.83. The molecular weight excluding hydrogens is 501 g/mol. The molecule has 4 heterocycles. The molecule has 1 unspecified atom stereocenters. The number of oxazole rings is 1. The van der Waals surface area contributed by atoms with Crippen LogP contribution in [0.2, 0.25) is 0 Å². The molecule has 1 atom stereocenters. The molecule has 1 saturated heterocycles. The van der Waals surface area contributed by atoms with Crippen molar-refractivity contribution in [2.75, 3.05) is 18.4 Å². The monoisotopic (exact) mass is 525 g/mol. The fraction of sp³-hybridized carbons (Fsp3) is 0.179. The van der Waals surface area contributed by atoms with Crippen LogP contribution in [0.3, 0.4) is 0 Å². The molecule has 1 fully saturated rings. The summed E-state index contributed by atoms with van der Waals surface area (Å²) in [5.41, 5.74) is 3.88. The Hall–Kier alpha value is -5.06. The van der Waals surface area contributed by atoms with Crippen LogP contribution >= 0.6 is 0 Å². The zero-order chi connectivity index (χ0) is 26.9. The first-order valence-corrected chi connectivity index (χ1v) is 12.4. The summed E-state index contributed by atoms with van der Waals surface area (Å²) < 4.78 is 20.4. The molecule has 0 aliphatic carbocycles. The van der Waals surface area contributed by atoms with Crippen molar-refractivity contribution in [2.24, 2.45) is 0 Å². The van der Waals surface area contributed by atoms with Crippen molar-refractivity contribution >= 4 is 39.8 Å². The second-order valence-corrected chi connectivity index (χ2v) is 9.30. The van der Waals surface area contributed by atoms with Crippen LogP contribution in [0.5, 0.6) is 0 Å². The third-order valence-electron chi connectivity index (χ3n) is 6.87. The number of halogens is 1. The number of pyridine rings is 1. The Morgan fingerprint density at radius 1 is 1.21 bits per heavy atom. The number of benzene rings is 2. The lowest BCUT2D eigenvalue weighted by Gasteiger charge is -2.15. The molecule has 0 radical (unpaired) electrons. The number of likely N-dealkylation sites (tertiary alicyclic amines) is 1.